The van der Waals surface area contributed by atoms with Crippen LogP contribution in [0.3, 0.4) is 0 Å². The standard InChI is InChI=1S/C11H12N2O/c12-8-10-2-1-6-13-11(10)14-7-5-9-3-4-9/h1-2,6,9H,3-5,7H2. The molecule has 1 aliphatic rings. The van der Waals surface area contributed by atoms with E-state index in [0.29, 0.717) is 18.1 Å². The lowest BCUT2D eigenvalue weighted by Crippen LogP contribution is -2.01. The van der Waals surface area contributed by atoms with Gasteiger partial charge < -0.3 is 4.74 Å². The molecule has 1 heterocycles. The third-order valence-corrected chi connectivity index (χ3v) is 2.35. The molecule has 0 bridgehead atoms. The monoisotopic (exact) mass is 188 g/mol. The summed E-state index contributed by atoms with van der Waals surface area (Å²) < 4.78 is 5.45. The van der Waals surface area contributed by atoms with Crippen molar-refractivity contribution in [2.24, 2.45) is 5.92 Å². The summed E-state index contributed by atoms with van der Waals surface area (Å²) in [6.07, 6.45) is 5.39. The lowest BCUT2D eigenvalue weighted by Gasteiger charge is -2.04. The molecule has 72 valence electrons. The van der Waals surface area contributed by atoms with Gasteiger partial charge in [-0.2, -0.15) is 5.26 Å². The Labute approximate surface area is 83.3 Å². The maximum atomic E-state index is 8.77. The van der Waals surface area contributed by atoms with Crippen molar-refractivity contribution in [1.82, 2.24) is 4.98 Å². The Morgan fingerprint density at radius 1 is 1.57 bits per heavy atom. The van der Waals surface area contributed by atoms with Crippen LogP contribution in [-0.2, 0) is 0 Å². The number of nitriles is 1. The minimum Gasteiger partial charge on any atom is -0.477 e. The second-order valence-electron chi connectivity index (χ2n) is 3.55. The first kappa shape index (κ1) is 9.01. The third kappa shape index (κ3) is 2.23. The van der Waals surface area contributed by atoms with Gasteiger partial charge in [-0.3, -0.25) is 0 Å². The summed E-state index contributed by atoms with van der Waals surface area (Å²) in [5.74, 6) is 1.32. The molecule has 0 saturated heterocycles. The van der Waals surface area contributed by atoms with E-state index in [4.69, 9.17) is 10.00 Å². The number of hydrogen-bond donors (Lipinski definition) is 0. The quantitative estimate of drug-likeness (QED) is 0.727. The fraction of sp³-hybridized carbons (Fsp3) is 0.455. The molecule has 1 fully saturated rings. The van der Waals surface area contributed by atoms with Crippen LogP contribution in [0.15, 0.2) is 18.3 Å². The van der Waals surface area contributed by atoms with E-state index in [9.17, 15) is 0 Å². The first-order valence-electron chi connectivity index (χ1n) is 4.88. The second-order valence-corrected chi connectivity index (χ2v) is 3.55. The molecule has 14 heavy (non-hydrogen) atoms. The molecule has 0 radical (unpaired) electrons. The van der Waals surface area contributed by atoms with Crippen molar-refractivity contribution in [1.29, 1.82) is 5.26 Å². The van der Waals surface area contributed by atoms with E-state index < -0.39 is 0 Å². The number of rotatable bonds is 4. The molecular formula is C11H12N2O. The van der Waals surface area contributed by atoms with Crippen LogP contribution in [-0.4, -0.2) is 11.6 Å². The third-order valence-electron chi connectivity index (χ3n) is 2.35. The minimum atomic E-state index is 0.468. The SMILES string of the molecule is N#Cc1cccnc1OCCC1CC1. The van der Waals surface area contributed by atoms with Gasteiger partial charge in [0.1, 0.15) is 11.6 Å². The van der Waals surface area contributed by atoms with E-state index in [2.05, 4.69) is 11.1 Å². The van der Waals surface area contributed by atoms with Crippen LogP contribution in [0.5, 0.6) is 5.88 Å². The molecule has 3 heteroatoms. The lowest BCUT2D eigenvalue weighted by atomic mass is 10.3. The van der Waals surface area contributed by atoms with Gasteiger partial charge in [-0.25, -0.2) is 4.98 Å². The summed E-state index contributed by atoms with van der Waals surface area (Å²) in [5, 5.41) is 8.77. The summed E-state index contributed by atoms with van der Waals surface area (Å²) in [4.78, 5) is 4.02. The van der Waals surface area contributed by atoms with E-state index in [0.717, 1.165) is 12.3 Å². The molecule has 0 atom stereocenters. The molecule has 1 aromatic heterocycles. The highest BCUT2D eigenvalue weighted by molar-refractivity contribution is 5.36. The lowest BCUT2D eigenvalue weighted by molar-refractivity contribution is 0.290. The first-order chi connectivity index (χ1) is 6.90. The van der Waals surface area contributed by atoms with Crippen molar-refractivity contribution in [3.63, 3.8) is 0 Å². The van der Waals surface area contributed by atoms with Crippen molar-refractivity contribution in [3.8, 4) is 11.9 Å². The maximum absolute atomic E-state index is 8.77. The van der Waals surface area contributed by atoms with Crippen LogP contribution in [0.2, 0.25) is 0 Å². The number of nitrogens with zero attached hydrogens (tertiary/aromatic N) is 2. The van der Waals surface area contributed by atoms with Gasteiger partial charge in [0.15, 0.2) is 0 Å². The Kier molecular flexibility index (Phi) is 2.64. The Hall–Kier alpha value is -1.56. The second kappa shape index (κ2) is 4.10. The first-order valence-corrected chi connectivity index (χ1v) is 4.88. The van der Waals surface area contributed by atoms with Crippen molar-refractivity contribution in [3.05, 3.63) is 23.9 Å². The van der Waals surface area contributed by atoms with Gasteiger partial charge >= 0.3 is 0 Å². The molecule has 1 aromatic rings. The zero-order valence-electron chi connectivity index (χ0n) is 7.94. The van der Waals surface area contributed by atoms with Gasteiger partial charge in [-0.1, -0.05) is 12.8 Å². The van der Waals surface area contributed by atoms with Crippen molar-refractivity contribution in [2.75, 3.05) is 6.61 Å². The Morgan fingerprint density at radius 3 is 3.14 bits per heavy atom. The summed E-state index contributed by atoms with van der Waals surface area (Å²) in [5.41, 5.74) is 0.517. The number of ether oxygens (including phenoxy) is 1. The predicted molar refractivity (Wildman–Crippen MR) is 51.8 cm³/mol. The summed E-state index contributed by atoms with van der Waals surface area (Å²) in [7, 11) is 0. The highest BCUT2D eigenvalue weighted by Gasteiger charge is 2.20. The normalized spacial score (nSPS) is 14.8. The van der Waals surface area contributed by atoms with Gasteiger partial charge in [0, 0.05) is 6.20 Å². The van der Waals surface area contributed by atoms with Gasteiger partial charge in [-0.15, -0.1) is 0 Å². The van der Waals surface area contributed by atoms with Crippen molar-refractivity contribution in [2.45, 2.75) is 19.3 Å². The number of pyridine rings is 1. The number of hydrogen-bond acceptors (Lipinski definition) is 3. The van der Waals surface area contributed by atoms with Crippen LogP contribution in [0.1, 0.15) is 24.8 Å². The average molecular weight is 188 g/mol. The molecule has 0 N–H and O–H groups in total. The van der Waals surface area contributed by atoms with Crippen LogP contribution < -0.4 is 4.74 Å². The topological polar surface area (TPSA) is 45.9 Å². The van der Waals surface area contributed by atoms with Crippen molar-refractivity contribution >= 4 is 0 Å². The van der Waals surface area contributed by atoms with Crippen LogP contribution >= 0.6 is 0 Å². The molecule has 0 aliphatic heterocycles. The summed E-state index contributed by atoms with van der Waals surface area (Å²) in [6, 6.07) is 5.53. The van der Waals surface area contributed by atoms with E-state index in [1.165, 1.54) is 12.8 Å². The highest BCUT2D eigenvalue weighted by atomic mass is 16.5. The Bertz CT molecular complexity index is 353. The molecule has 0 amide bonds. The van der Waals surface area contributed by atoms with E-state index in [-0.39, 0.29) is 0 Å². The molecule has 1 saturated carbocycles. The molecule has 1 aliphatic carbocycles. The van der Waals surface area contributed by atoms with E-state index >= 15 is 0 Å². The largest absolute Gasteiger partial charge is 0.477 e. The molecular weight excluding hydrogens is 176 g/mol. The summed E-state index contributed by atoms with van der Waals surface area (Å²) >= 11 is 0. The molecule has 0 aromatic carbocycles. The van der Waals surface area contributed by atoms with E-state index in [1.807, 2.05) is 0 Å². The van der Waals surface area contributed by atoms with Crippen molar-refractivity contribution < 1.29 is 4.74 Å². The van der Waals surface area contributed by atoms with Crippen LogP contribution in [0.4, 0.5) is 0 Å². The zero-order chi connectivity index (χ0) is 9.80. The maximum Gasteiger partial charge on any atom is 0.231 e. The molecule has 3 nitrogen and oxygen atoms in total. The fourth-order valence-corrected chi connectivity index (χ4v) is 1.32. The van der Waals surface area contributed by atoms with Crippen LogP contribution in [0, 0.1) is 17.2 Å². The van der Waals surface area contributed by atoms with Gasteiger partial charge in [-0.05, 0) is 24.5 Å². The summed E-state index contributed by atoms with van der Waals surface area (Å²) in [6.45, 7) is 0.677. The average Bonchev–Trinajstić information content (AvgIpc) is 3.03. The van der Waals surface area contributed by atoms with Gasteiger partial charge in [0.2, 0.25) is 5.88 Å². The van der Waals surface area contributed by atoms with Gasteiger partial charge in [0.05, 0.1) is 6.61 Å². The molecule has 0 spiro atoms. The molecule has 2 rings (SSSR count). The zero-order valence-corrected chi connectivity index (χ0v) is 7.94. The smallest absolute Gasteiger partial charge is 0.231 e. The Morgan fingerprint density at radius 2 is 2.43 bits per heavy atom. The Balaban J connectivity index is 1.90. The van der Waals surface area contributed by atoms with E-state index in [1.54, 1.807) is 18.3 Å². The molecule has 0 unspecified atom stereocenters. The predicted octanol–water partition coefficient (Wildman–Crippen LogP) is 2.13. The highest BCUT2D eigenvalue weighted by Crippen LogP contribution is 2.32. The van der Waals surface area contributed by atoms with Gasteiger partial charge in [0.25, 0.3) is 0 Å². The number of aromatic nitrogens is 1. The van der Waals surface area contributed by atoms with Crippen LogP contribution in [0.25, 0.3) is 0 Å². The fourth-order valence-electron chi connectivity index (χ4n) is 1.32. The minimum absolute atomic E-state index is 0.468.